The lowest BCUT2D eigenvalue weighted by atomic mass is 10.1. The van der Waals surface area contributed by atoms with Gasteiger partial charge in [0.1, 0.15) is 11.9 Å². The number of aryl methyl sites for hydroxylation is 1. The van der Waals surface area contributed by atoms with Crippen LogP contribution in [0, 0.1) is 6.92 Å². The van der Waals surface area contributed by atoms with Crippen LogP contribution >= 0.6 is 0 Å². The number of nitrogens with zero attached hydrogens (tertiary/aromatic N) is 4. The summed E-state index contributed by atoms with van der Waals surface area (Å²) >= 11 is 0. The molecular weight excluding hydrogens is 385 g/mol. The standard InChI is InChI=1S/C20H23F3N4O2/c1-14-11-18-26(8-7-17(20(21,22)23)27(18)24-14)19(28)16-13-25(9-10-29-16)12-15-5-3-2-4-6-15/h2-6,11,16-17H,7-10,12-13H2,1H3. The molecule has 0 bridgehead atoms. The van der Waals surface area contributed by atoms with Gasteiger partial charge in [0.05, 0.1) is 12.3 Å². The topological polar surface area (TPSA) is 50.6 Å². The van der Waals surface area contributed by atoms with Crippen LogP contribution in [0.25, 0.3) is 0 Å². The molecule has 1 fully saturated rings. The van der Waals surface area contributed by atoms with Crippen LogP contribution in [0.5, 0.6) is 0 Å². The molecular formula is C20H23F3N4O2. The Bertz CT molecular complexity index is 868. The van der Waals surface area contributed by atoms with Gasteiger partial charge in [0.15, 0.2) is 6.04 Å². The molecule has 1 saturated heterocycles. The normalized spacial score (nSPS) is 23.1. The first-order valence-corrected chi connectivity index (χ1v) is 9.65. The lowest BCUT2D eigenvalue weighted by Gasteiger charge is -2.38. The Kier molecular flexibility index (Phi) is 5.35. The monoisotopic (exact) mass is 408 g/mol. The minimum absolute atomic E-state index is 0.00725. The summed E-state index contributed by atoms with van der Waals surface area (Å²) in [6, 6.07) is 9.74. The third-order valence-electron chi connectivity index (χ3n) is 5.35. The van der Waals surface area contributed by atoms with E-state index in [-0.39, 0.29) is 24.7 Å². The molecule has 2 aliphatic rings. The summed E-state index contributed by atoms with van der Waals surface area (Å²) in [5.74, 6) is -0.130. The molecule has 2 unspecified atom stereocenters. The molecule has 1 amide bonds. The first-order chi connectivity index (χ1) is 13.8. The van der Waals surface area contributed by atoms with E-state index >= 15 is 0 Å². The molecule has 9 heteroatoms. The zero-order chi connectivity index (χ0) is 20.6. The number of hydrogen-bond acceptors (Lipinski definition) is 4. The molecule has 1 aromatic heterocycles. The number of alkyl halides is 3. The Morgan fingerprint density at radius 1 is 1.24 bits per heavy atom. The average molecular weight is 408 g/mol. The van der Waals surface area contributed by atoms with Crippen molar-refractivity contribution < 1.29 is 22.7 Å². The van der Waals surface area contributed by atoms with Gasteiger partial charge in [-0.25, -0.2) is 4.68 Å². The van der Waals surface area contributed by atoms with Gasteiger partial charge in [0.25, 0.3) is 5.91 Å². The Balaban J connectivity index is 1.50. The van der Waals surface area contributed by atoms with Crippen LogP contribution in [0.3, 0.4) is 0 Å². The SMILES string of the molecule is Cc1cc2n(n1)C(C(F)(F)F)CCN2C(=O)C1CN(Cc2ccccc2)CCO1. The molecule has 6 nitrogen and oxygen atoms in total. The van der Waals surface area contributed by atoms with Crippen molar-refractivity contribution in [3.05, 3.63) is 47.7 Å². The first kappa shape index (κ1) is 19.9. The summed E-state index contributed by atoms with van der Waals surface area (Å²) in [6.07, 6.45) is -5.33. The van der Waals surface area contributed by atoms with Gasteiger partial charge in [0.2, 0.25) is 0 Å². The van der Waals surface area contributed by atoms with Gasteiger partial charge in [-0.15, -0.1) is 0 Å². The van der Waals surface area contributed by atoms with E-state index in [2.05, 4.69) is 10.00 Å². The predicted octanol–water partition coefficient (Wildman–Crippen LogP) is 2.93. The van der Waals surface area contributed by atoms with Crippen LogP contribution in [0.2, 0.25) is 0 Å². The van der Waals surface area contributed by atoms with Gasteiger partial charge < -0.3 is 4.74 Å². The summed E-state index contributed by atoms with van der Waals surface area (Å²) in [7, 11) is 0. The van der Waals surface area contributed by atoms with E-state index < -0.39 is 18.3 Å². The first-order valence-electron chi connectivity index (χ1n) is 9.65. The van der Waals surface area contributed by atoms with Crippen molar-refractivity contribution in [1.82, 2.24) is 14.7 Å². The fraction of sp³-hybridized carbons (Fsp3) is 0.500. The van der Waals surface area contributed by atoms with Crippen molar-refractivity contribution in [3.8, 4) is 0 Å². The van der Waals surface area contributed by atoms with Crippen molar-refractivity contribution >= 4 is 11.7 Å². The number of carbonyl (C=O) groups excluding carboxylic acids is 1. The van der Waals surface area contributed by atoms with E-state index in [0.29, 0.717) is 31.9 Å². The van der Waals surface area contributed by atoms with Gasteiger partial charge in [0, 0.05) is 32.2 Å². The second kappa shape index (κ2) is 7.79. The molecule has 29 heavy (non-hydrogen) atoms. The number of ether oxygens (including phenoxy) is 1. The lowest BCUT2D eigenvalue weighted by Crippen LogP contribution is -2.53. The van der Waals surface area contributed by atoms with Gasteiger partial charge in [-0.2, -0.15) is 18.3 Å². The minimum Gasteiger partial charge on any atom is -0.366 e. The Hall–Kier alpha value is -2.39. The maximum absolute atomic E-state index is 13.4. The predicted molar refractivity (Wildman–Crippen MR) is 100 cm³/mol. The van der Waals surface area contributed by atoms with E-state index in [4.69, 9.17) is 4.74 Å². The summed E-state index contributed by atoms with van der Waals surface area (Å²) in [5.41, 5.74) is 1.59. The highest BCUT2D eigenvalue weighted by Crippen LogP contribution is 2.39. The van der Waals surface area contributed by atoms with Crippen molar-refractivity contribution in [1.29, 1.82) is 0 Å². The molecule has 2 aromatic rings. The summed E-state index contributed by atoms with van der Waals surface area (Å²) in [4.78, 5) is 16.7. The number of benzene rings is 1. The Morgan fingerprint density at radius 2 is 2.00 bits per heavy atom. The summed E-state index contributed by atoms with van der Waals surface area (Å²) in [5, 5.41) is 4.00. The molecule has 0 aliphatic carbocycles. The van der Waals surface area contributed by atoms with Gasteiger partial charge in [-0.05, 0) is 18.9 Å². The van der Waals surface area contributed by atoms with Crippen molar-refractivity contribution in [2.45, 2.75) is 38.2 Å². The number of aromatic nitrogens is 2. The number of morpholine rings is 1. The minimum atomic E-state index is -4.41. The van der Waals surface area contributed by atoms with E-state index in [1.165, 1.54) is 11.0 Å². The third kappa shape index (κ3) is 4.16. The molecule has 0 radical (unpaired) electrons. The van der Waals surface area contributed by atoms with Gasteiger partial charge in [-0.3, -0.25) is 14.6 Å². The van der Waals surface area contributed by atoms with Crippen LogP contribution in [-0.4, -0.2) is 59.1 Å². The van der Waals surface area contributed by atoms with Crippen molar-refractivity contribution in [2.24, 2.45) is 0 Å². The van der Waals surface area contributed by atoms with Crippen molar-refractivity contribution in [3.63, 3.8) is 0 Å². The number of carbonyl (C=O) groups is 1. The molecule has 1 aromatic carbocycles. The maximum atomic E-state index is 13.4. The largest absolute Gasteiger partial charge is 0.410 e. The number of anilines is 1. The van der Waals surface area contributed by atoms with Crippen LogP contribution in [0.1, 0.15) is 23.7 Å². The third-order valence-corrected chi connectivity index (χ3v) is 5.35. The fourth-order valence-corrected chi connectivity index (χ4v) is 3.96. The number of rotatable bonds is 3. The van der Waals surface area contributed by atoms with Crippen LogP contribution in [0.15, 0.2) is 36.4 Å². The lowest BCUT2D eigenvalue weighted by molar-refractivity contribution is -0.173. The number of halogens is 3. The second-order valence-corrected chi connectivity index (χ2v) is 7.50. The average Bonchev–Trinajstić information content (AvgIpc) is 3.08. The number of amides is 1. The zero-order valence-electron chi connectivity index (χ0n) is 16.1. The van der Waals surface area contributed by atoms with Gasteiger partial charge in [-0.1, -0.05) is 30.3 Å². The van der Waals surface area contributed by atoms with E-state index in [0.717, 1.165) is 10.2 Å². The summed E-state index contributed by atoms with van der Waals surface area (Å²) < 4.78 is 46.7. The highest BCUT2D eigenvalue weighted by atomic mass is 19.4. The van der Waals surface area contributed by atoms with Crippen LogP contribution in [0.4, 0.5) is 19.0 Å². The van der Waals surface area contributed by atoms with Crippen molar-refractivity contribution in [2.75, 3.05) is 31.1 Å². The highest BCUT2D eigenvalue weighted by Gasteiger charge is 2.47. The maximum Gasteiger partial charge on any atom is 0.410 e. The molecule has 0 saturated carbocycles. The van der Waals surface area contributed by atoms with Crippen LogP contribution < -0.4 is 4.90 Å². The molecule has 3 heterocycles. The molecule has 2 aliphatic heterocycles. The summed E-state index contributed by atoms with van der Waals surface area (Å²) in [6.45, 7) is 3.82. The molecule has 0 spiro atoms. The molecule has 2 atom stereocenters. The molecule has 4 rings (SSSR count). The smallest absolute Gasteiger partial charge is 0.366 e. The van der Waals surface area contributed by atoms with Crippen LogP contribution in [-0.2, 0) is 16.1 Å². The highest BCUT2D eigenvalue weighted by molar-refractivity contribution is 5.96. The second-order valence-electron chi connectivity index (χ2n) is 7.50. The number of fused-ring (bicyclic) bond motifs is 1. The quantitative estimate of drug-likeness (QED) is 0.784. The Labute approximate surface area is 166 Å². The number of hydrogen-bond donors (Lipinski definition) is 0. The molecule has 156 valence electrons. The van der Waals surface area contributed by atoms with Gasteiger partial charge >= 0.3 is 6.18 Å². The van der Waals surface area contributed by atoms with E-state index in [1.807, 2.05) is 30.3 Å². The van der Waals surface area contributed by atoms with E-state index in [1.54, 1.807) is 6.92 Å². The Morgan fingerprint density at radius 3 is 2.72 bits per heavy atom. The zero-order valence-corrected chi connectivity index (χ0v) is 16.1. The molecule has 0 N–H and O–H groups in total. The fourth-order valence-electron chi connectivity index (χ4n) is 3.96. The van der Waals surface area contributed by atoms with E-state index in [9.17, 15) is 18.0 Å².